The maximum atomic E-state index is 13.6. The molecule has 1 aliphatic heterocycles. The Balaban J connectivity index is 1.60. The summed E-state index contributed by atoms with van der Waals surface area (Å²) in [6.45, 7) is 0.175. The number of likely N-dealkylation sites (tertiary alicyclic amines) is 1. The molecule has 0 spiro atoms. The first-order valence-corrected chi connectivity index (χ1v) is 12.3. The molecule has 3 aromatic carbocycles. The molecule has 4 aromatic rings. The Bertz CT molecular complexity index is 1590. The summed E-state index contributed by atoms with van der Waals surface area (Å²) in [6.07, 6.45) is 2.29. The monoisotopic (exact) mass is 530 g/mol. The molecule has 0 radical (unpaired) electrons. The van der Waals surface area contributed by atoms with Crippen LogP contribution in [0.1, 0.15) is 22.7 Å². The van der Waals surface area contributed by atoms with Crippen molar-refractivity contribution in [3.63, 3.8) is 0 Å². The number of amides is 1. The molecule has 1 saturated heterocycles. The lowest BCUT2D eigenvalue weighted by molar-refractivity contribution is -0.139. The second-order valence-electron chi connectivity index (χ2n) is 9.08. The van der Waals surface area contributed by atoms with E-state index in [4.69, 9.17) is 14.2 Å². The molecule has 0 bridgehead atoms. The van der Waals surface area contributed by atoms with E-state index in [9.17, 15) is 19.1 Å². The number of nitrogens with one attached hydrogen (secondary N) is 1. The van der Waals surface area contributed by atoms with Crippen molar-refractivity contribution in [3.05, 3.63) is 94.9 Å². The number of fused-ring (bicyclic) bond motifs is 1. The number of hydrogen-bond acceptors (Lipinski definition) is 6. The van der Waals surface area contributed by atoms with Gasteiger partial charge in [-0.15, -0.1) is 0 Å². The normalized spacial score (nSPS) is 16.6. The number of carbonyl (C=O) groups excluding carboxylic acids is 2. The predicted molar refractivity (Wildman–Crippen MR) is 144 cm³/mol. The Morgan fingerprint density at radius 1 is 0.949 bits per heavy atom. The summed E-state index contributed by atoms with van der Waals surface area (Å²) in [5.74, 6) is -0.858. The van der Waals surface area contributed by atoms with Gasteiger partial charge >= 0.3 is 0 Å². The number of rotatable bonds is 8. The van der Waals surface area contributed by atoms with Crippen LogP contribution in [0.3, 0.4) is 0 Å². The van der Waals surface area contributed by atoms with Gasteiger partial charge in [-0.1, -0.05) is 0 Å². The molecule has 2 heterocycles. The number of aliphatic hydroxyl groups excluding tert-OH is 1. The van der Waals surface area contributed by atoms with E-state index in [0.29, 0.717) is 29.2 Å². The van der Waals surface area contributed by atoms with Crippen LogP contribution in [0.5, 0.6) is 17.2 Å². The van der Waals surface area contributed by atoms with E-state index in [1.165, 1.54) is 43.4 Å². The fourth-order valence-electron chi connectivity index (χ4n) is 4.97. The van der Waals surface area contributed by atoms with Crippen molar-refractivity contribution < 1.29 is 33.3 Å². The number of ketones is 1. The van der Waals surface area contributed by atoms with E-state index in [1.54, 1.807) is 25.3 Å². The lowest BCUT2D eigenvalue weighted by Crippen LogP contribution is -2.31. The minimum Gasteiger partial charge on any atom is -0.507 e. The molecular formula is C30H27FN2O6. The van der Waals surface area contributed by atoms with Gasteiger partial charge in [0.1, 0.15) is 28.8 Å². The number of benzene rings is 3. The average Bonchev–Trinajstić information content (AvgIpc) is 3.48. The molecule has 2 N–H and O–H groups in total. The number of Topliss-reactive ketones (excluding diaryl/α,β-unsaturated/α-hetero) is 1. The number of methoxy groups -OCH3 is 3. The number of nitrogens with zero attached hydrogens (tertiary/aromatic N) is 1. The third kappa shape index (κ3) is 4.67. The molecule has 0 aliphatic carbocycles. The van der Waals surface area contributed by atoms with Gasteiger partial charge in [0.25, 0.3) is 11.7 Å². The molecule has 0 saturated carbocycles. The molecule has 1 amide bonds. The molecular weight excluding hydrogens is 503 g/mol. The summed E-state index contributed by atoms with van der Waals surface area (Å²) in [6, 6.07) is 14.9. The number of aromatic nitrogens is 1. The highest BCUT2D eigenvalue weighted by Crippen LogP contribution is 2.44. The van der Waals surface area contributed by atoms with Crippen LogP contribution >= 0.6 is 0 Å². The Kier molecular flexibility index (Phi) is 6.98. The molecule has 0 unspecified atom stereocenters. The molecule has 1 fully saturated rings. The van der Waals surface area contributed by atoms with Gasteiger partial charge < -0.3 is 29.2 Å². The van der Waals surface area contributed by atoms with Crippen LogP contribution in [0.25, 0.3) is 16.7 Å². The molecule has 39 heavy (non-hydrogen) atoms. The predicted octanol–water partition coefficient (Wildman–Crippen LogP) is 5.00. The van der Waals surface area contributed by atoms with Crippen LogP contribution in [-0.4, -0.2) is 54.6 Å². The van der Waals surface area contributed by atoms with Crippen molar-refractivity contribution in [2.45, 2.75) is 12.5 Å². The summed E-state index contributed by atoms with van der Waals surface area (Å²) in [5, 5.41) is 12.2. The SMILES string of the molecule is COc1ccc([C@H]2C(=C(O)c3ccc(F)cc3)C(=O)C(=O)N2CCc2c[nH]c3ccc(OC)cc23)c(OC)c1. The average molecular weight is 531 g/mol. The van der Waals surface area contributed by atoms with Crippen molar-refractivity contribution in [3.8, 4) is 17.2 Å². The highest BCUT2D eigenvalue weighted by molar-refractivity contribution is 6.46. The smallest absolute Gasteiger partial charge is 0.295 e. The van der Waals surface area contributed by atoms with Gasteiger partial charge in [-0.3, -0.25) is 9.59 Å². The summed E-state index contributed by atoms with van der Waals surface area (Å²) in [5.41, 5.74) is 2.47. The van der Waals surface area contributed by atoms with Gasteiger partial charge in [0, 0.05) is 40.8 Å². The van der Waals surface area contributed by atoms with E-state index in [0.717, 1.165) is 16.5 Å². The minimum absolute atomic E-state index is 0.101. The van der Waals surface area contributed by atoms with Gasteiger partial charge in [0.05, 0.1) is 32.9 Å². The first-order valence-electron chi connectivity index (χ1n) is 12.3. The van der Waals surface area contributed by atoms with Crippen LogP contribution in [0, 0.1) is 5.82 Å². The van der Waals surface area contributed by atoms with E-state index < -0.39 is 29.3 Å². The fourth-order valence-corrected chi connectivity index (χ4v) is 4.97. The van der Waals surface area contributed by atoms with Crippen molar-refractivity contribution in [1.29, 1.82) is 0 Å². The van der Waals surface area contributed by atoms with Crippen molar-refractivity contribution >= 4 is 28.4 Å². The zero-order valence-corrected chi connectivity index (χ0v) is 21.7. The lowest BCUT2D eigenvalue weighted by Gasteiger charge is -2.27. The minimum atomic E-state index is -0.948. The standard InChI is InChI=1S/C30H27FN2O6/c1-37-20-9-11-24-23(14-20)18(16-32-24)12-13-33-27(22-10-8-21(38-2)15-25(22)39-3)26(29(35)30(33)36)28(34)17-4-6-19(31)7-5-17/h4-11,14-16,27,32,34H,12-13H2,1-3H3/t27-/m0/s1. The van der Waals surface area contributed by atoms with Crippen LogP contribution in [-0.2, 0) is 16.0 Å². The van der Waals surface area contributed by atoms with Crippen LogP contribution in [0.15, 0.2) is 72.4 Å². The van der Waals surface area contributed by atoms with Crippen LogP contribution in [0.2, 0.25) is 0 Å². The highest BCUT2D eigenvalue weighted by Gasteiger charge is 2.47. The highest BCUT2D eigenvalue weighted by atomic mass is 19.1. The van der Waals surface area contributed by atoms with Gasteiger partial charge in [0.2, 0.25) is 0 Å². The van der Waals surface area contributed by atoms with Crippen LogP contribution in [0.4, 0.5) is 4.39 Å². The molecule has 9 heteroatoms. The Hall–Kier alpha value is -4.79. The summed E-state index contributed by atoms with van der Waals surface area (Å²) in [4.78, 5) is 31.5. The van der Waals surface area contributed by atoms with E-state index in [2.05, 4.69) is 4.98 Å². The summed E-state index contributed by atoms with van der Waals surface area (Å²) in [7, 11) is 4.59. The number of hydrogen-bond donors (Lipinski definition) is 2. The zero-order valence-electron chi connectivity index (χ0n) is 21.7. The summed E-state index contributed by atoms with van der Waals surface area (Å²) >= 11 is 0. The molecule has 5 rings (SSSR count). The Morgan fingerprint density at radius 3 is 2.33 bits per heavy atom. The second-order valence-corrected chi connectivity index (χ2v) is 9.08. The first-order chi connectivity index (χ1) is 18.9. The molecule has 1 aliphatic rings. The Morgan fingerprint density at radius 2 is 1.64 bits per heavy atom. The largest absolute Gasteiger partial charge is 0.507 e. The molecule has 1 aromatic heterocycles. The third-order valence-corrected chi connectivity index (χ3v) is 6.99. The maximum absolute atomic E-state index is 13.6. The lowest BCUT2D eigenvalue weighted by atomic mass is 9.94. The number of aliphatic hydroxyl groups is 1. The van der Waals surface area contributed by atoms with E-state index >= 15 is 0 Å². The number of halogens is 1. The fraction of sp³-hybridized carbons (Fsp3) is 0.200. The maximum Gasteiger partial charge on any atom is 0.295 e. The van der Waals surface area contributed by atoms with Crippen LogP contribution < -0.4 is 14.2 Å². The van der Waals surface area contributed by atoms with Gasteiger partial charge in [0.15, 0.2) is 0 Å². The van der Waals surface area contributed by atoms with Gasteiger partial charge in [-0.25, -0.2) is 4.39 Å². The molecule has 200 valence electrons. The first kappa shape index (κ1) is 25.8. The Labute approximate surface area is 224 Å². The van der Waals surface area contributed by atoms with E-state index in [1.807, 2.05) is 24.4 Å². The number of ether oxygens (including phenoxy) is 3. The van der Waals surface area contributed by atoms with Gasteiger partial charge in [-0.2, -0.15) is 0 Å². The van der Waals surface area contributed by atoms with Crippen molar-refractivity contribution in [2.24, 2.45) is 0 Å². The molecule has 1 atom stereocenters. The van der Waals surface area contributed by atoms with Crippen molar-refractivity contribution in [2.75, 3.05) is 27.9 Å². The topological polar surface area (TPSA) is 101 Å². The third-order valence-electron chi connectivity index (χ3n) is 6.99. The summed E-state index contributed by atoms with van der Waals surface area (Å²) < 4.78 is 29.8. The number of carbonyl (C=O) groups is 2. The number of aromatic amines is 1. The van der Waals surface area contributed by atoms with Crippen molar-refractivity contribution in [1.82, 2.24) is 9.88 Å². The molecule has 8 nitrogen and oxygen atoms in total. The van der Waals surface area contributed by atoms with E-state index in [-0.39, 0.29) is 17.7 Å². The quantitative estimate of drug-likeness (QED) is 0.189. The second kappa shape index (κ2) is 10.5. The number of H-pyrrole nitrogens is 1. The van der Waals surface area contributed by atoms with Gasteiger partial charge in [-0.05, 0) is 66.6 Å². The zero-order chi connectivity index (χ0) is 27.7.